The molecule has 2 heterocycles. The maximum Gasteiger partial charge on any atom is 0.407 e. The molecule has 0 aromatic heterocycles. The minimum absolute atomic E-state index is 0.0539. The molecule has 5 atom stereocenters. The predicted octanol–water partition coefficient (Wildman–Crippen LogP) is 1.33. The third kappa shape index (κ3) is 6.36. The van der Waals surface area contributed by atoms with Gasteiger partial charge in [-0.3, -0.25) is 10.1 Å². The molecule has 2 aromatic rings. The fourth-order valence-corrected chi connectivity index (χ4v) is 5.24. The van der Waals surface area contributed by atoms with E-state index in [-0.39, 0.29) is 35.8 Å². The Labute approximate surface area is 207 Å². The summed E-state index contributed by atoms with van der Waals surface area (Å²) in [6, 6.07) is 12.6. The summed E-state index contributed by atoms with van der Waals surface area (Å²) in [7, 11) is -4.07. The summed E-state index contributed by atoms with van der Waals surface area (Å²) in [6.07, 6.45) is -2.01. The van der Waals surface area contributed by atoms with E-state index in [1.165, 1.54) is 0 Å². The molecule has 3 N–H and O–H groups in total. The number of alkyl carbamates (subject to hydrolysis) is 1. The molecule has 0 bridgehead atoms. The number of benzene rings is 2. The van der Waals surface area contributed by atoms with Gasteiger partial charge in [-0.05, 0) is 30.5 Å². The summed E-state index contributed by atoms with van der Waals surface area (Å²) in [5.74, 6) is -0.0539. The fraction of sp³-hybridized carbons (Fsp3) is 0.435. The van der Waals surface area contributed by atoms with Crippen LogP contribution in [0.25, 0.3) is 0 Å². The lowest BCUT2D eigenvalue weighted by molar-refractivity contribution is -0.384. The van der Waals surface area contributed by atoms with Gasteiger partial charge in [0.25, 0.3) is 5.69 Å². The number of aliphatic hydroxyl groups excluding tert-OH is 1. The molecule has 2 saturated heterocycles. The summed E-state index contributed by atoms with van der Waals surface area (Å²) in [5.41, 5.74) is 0.566. The van der Waals surface area contributed by atoms with Crippen molar-refractivity contribution >= 4 is 21.8 Å². The zero-order valence-corrected chi connectivity index (χ0v) is 20.0. The molecule has 0 spiro atoms. The molecule has 13 heteroatoms. The van der Waals surface area contributed by atoms with E-state index in [1.807, 2.05) is 30.3 Å². The van der Waals surface area contributed by atoms with E-state index in [0.29, 0.717) is 13.0 Å². The van der Waals surface area contributed by atoms with E-state index in [2.05, 4.69) is 10.0 Å². The first kappa shape index (κ1) is 26.0. The number of hydrogen-bond acceptors (Lipinski definition) is 9. The molecule has 194 valence electrons. The normalized spacial score (nSPS) is 23.0. The van der Waals surface area contributed by atoms with Gasteiger partial charge >= 0.3 is 6.09 Å². The lowest BCUT2D eigenvalue weighted by Gasteiger charge is -2.25. The van der Waals surface area contributed by atoms with Crippen molar-refractivity contribution in [3.05, 3.63) is 70.3 Å². The van der Waals surface area contributed by atoms with Gasteiger partial charge in [-0.1, -0.05) is 30.3 Å². The van der Waals surface area contributed by atoms with Gasteiger partial charge in [-0.25, -0.2) is 17.9 Å². The minimum Gasteiger partial charge on any atom is -0.443 e. The highest BCUT2D eigenvalue weighted by Crippen LogP contribution is 2.33. The van der Waals surface area contributed by atoms with Crippen molar-refractivity contribution in [3.63, 3.8) is 0 Å². The quantitative estimate of drug-likeness (QED) is 0.309. The standard InChI is InChI=1S/C23H27N3O9S/c27-20(13-24-36(31,32)17-8-6-16(7-9-17)26(29)30)19(12-15-4-2-1-3-5-15)25-23(28)35-21-14-34-22-18(21)10-11-33-22/h1-9,18-22,24,27H,10-14H2,(H,25,28)/t18-,19-,20-,21?,22+/m0/s1. The smallest absolute Gasteiger partial charge is 0.407 e. The second-order valence-electron chi connectivity index (χ2n) is 8.58. The Morgan fingerprint density at radius 3 is 2.58 bits per heavy atom. The topological polar surface area (TPSA) is 166 Å². The lowest BCUT2D eigenvalue weighted by Crippen LogP contribution is -2.50. The number of carbonyl (C=O) groups excluding carboxylic acids is 1. The second kappa shape index (κ2) is 11.3. The van der Waals surface area contributed by atoms with Crippen LogP contribution in [0.15, 0.2) is 59.5 Å². The number of rotatable bonds is 10. The third-order valence-corrected chi connectivity index (χ3v) is 7.59. The number of nitro groups is 1. The molecule has 12 nitrogen and oxygen atoms in total. The molecule has 36 heavy (non-hydrogen) atoms. The number of nitrogens with zero attached hydrogens (tertiary/aromatic N) is 1. The van der Waals surface area contributed by atoms with E-state index >= 15 is 0 Å². The molecular weight excluding hydrogens is 494 g/mol. The number of ether oxygens (including phenoxy) is 3. The molecule has 4 rings (SSSR count). The Hall–Kier alpha value is -3.10. The van der Waals surface area contributed by atoms with Crippen molar-refractivity contribution in [2.75, 3.05) is 19.8 Å². The molecule has 2 fully saturated rings. The van der Waals surface area contributed by atoms with Crippen LogP contribution in [0.1, 0.15) is 12.0 Å². The van der Waals surface area contributed by atoms with Gasteiger partial charge in [0.05, 0.1) is 41.1 Å². The van der Waals surface area contributed by atoms with E-state index < -0.39 is 45.8 Å². The van der Waals surface area contributed by atoms with Crippen molar-refractivity contribution in [2.24, 2.45) is 5.92 Å². The average molecular weight is 522 g/mol. The SMILES string of the molecule is O=C(N[C@@H](Cc1ccccc1)[C@@H](O)CNS(=O)(=O)c1ccc([N+](=O)[O-])cc1)OC1CO[C@H]2OCC[C@@H]12. The van der Waals surface area contributed by atoms with Crippen molar-refractivity contribution in [3.8, 4) is 0 Å². The Bertz CT molecular complexity index is 1160. The first-order chi connectivity index (χ1) is 17.2. The highest BCUT2D eigenvalue weighted by molar-refractivity contribution is 7.89. The van der Waals surface area contributed by atoms with Crippen LogP contribution in [-0.4, -0.2) is 68.8 Å². The highest BCUT2D eigenvalue weighted by Gasteiger charge is 2.44. The minimum atomic E-state index is -4.07. The van der Waals surface area contributed by atoms with Gasteiger partial charge in [0.2, 0.25) is 10.0 Å². The highest BCUT2D eigenvalue weighted by atomic mass is 32.2. The van der Waals surface area contributed by atoms with Gasteiger partial charge in [0, 0.05) is 18.7 Å². The number of aliphatic hydroxyl groups is 1. The number of fused-ring (bicyclic) bond motifs is 1. The van der Waals surface area contributed by atoms with Crippen LogP contribution in [-0.2, 0) is 30.7 Å². The van der Waals surface area contributed by atoms with Crippen molar-refractivity contribution in [1.29, 1.82) is 0 Å². The molecule has 2 aliphatic rings. The van der Waals surface area contributed by atoms with Crippen molar-refractivity contribution in [2.45, 2.75) is 42.3 Å². The maximum absolute atomic E-state index is 12.7. The van der Waals surface area contributed by atoms with Crippen LogP contribution < -0.4 is 10.0 Å². The van der Waals surface area contributed by atoms with Crippen LogP contribution in [0.2, 0.25) is 0 Å². The Kier molecular flexibility index (Phi) is 8.16. The molecular formula is C23H27N3O9S. The number of nitrogens with one attached hydrogen (secondary N) is 2. The predicted molar refractivity (Wildman–Crippen MR) is 125 cm³/mol. The summed E-state index contributed by atoms with van der Waals surface area (Å²) in [4.78, 5) is 22.6. The summed E-state index contributed by atoms with van der Waals surface area (Å²) in [6.45, 7) is 0.326. The zero-order valence-electron chi connectivity index (χ0n) is 19.2. The van der Waals surface area contributed by atoms with Crippen LogP contribution in [0.4, 0.5) is 10.5 Å². The molecule has 2 aromatic carbocycles. The van der Waals surface area contributed by atoms with Gasteiger partial charge in [0.1, 0.15) is 6.10 Å². The van der Waals surface area contributed by atoms with Crippen LogP contribution in [0, 0.1) is 16.0 Å². The van der Waals surface area contributed by atoms with Crippen LogP contribution in [0.3, 0.4) is 0 Å². The van der Waals surface area contributed by atoms with Crippen molar-refractivity contribution < 1.29 is 37.5 Å². The number of amides is 1. The van der Waals surface area contributed by atoms with E-state index in [9.17, 15) is 28.4 Å². The summed E-state index contributed by atoms with van der Waals surface area (Å²) >= 11 is 0. The monoisotopic (exact) mass is 521 g/mol. The zero-order chi connectivity index (χ0) is 25.7. The Morgan fingerprint density at radius 1 is 1.17 bits per heavy atom. The van der Waals surface area contributed by atoms with Crippen LogP contribution >= 0.6 is 0 Å². The first-order valence-corrected chi connectivity index (χ1v) is 12.9. The number of carbonyl (C=O) groups is 1. The summed E-state index contributed by atoms with van der Waals surface area (Å²) < 4.78 is 44.0. The van der Waals surface area contributed by atoms with Crippen molar-refractivity contribution in [1.82, 2.24) is 10.0 Å². The molecule has 2 aliphatic heterocycles. The van der Waals surface area contributed by atoms with Gasteiger partial charge < -0.3 is 24.6 Å². The first-order valence-electron chi connectivity index (χ1n) is 11.4. The number of non-ortho nitro benzene ring substituents is 1. The molecule has 1 amide bonds. The Morgan fingerprint density at radius 2 is 1.89 bits per heavy atom. The number of nitro benzene ring substituents is 1. The van der Waals surface area contributed by atoms with E-state index in [0.717, 1.165) is 29.8 Å². The molecule has 0 radical (unpaired) electrons. The fourth-order valence-electron chi connectivity index (χ4n) is 4.19. The largest absolute Gasteiger partial charge is 0.443 e. The Balaban J connectivity index is 1.40. The average Bonchev–Trinajstić information content (AvgIpc) is 3.48. The van der Waals surface area contributed by atoms with Crippen LogP contribution in [0.5, 0.6) is 0 Å². The molecule has 0 aliphatic carbocycles. The van der Waals surface area contributed by atoms with Gasteiger partial charge in [-0.15, -0.1) is 0 Å². The third-order valence-electron chi connectivity index (χ3n) is 6.15. The lowest BCUT2D eigenvalue weighted by atomic mass is 10.0. The number of sulfonamides is 1. The number of hydrogen-bond donors (Lipinski definition) is 3. The van der Waals surface area contributed by atoms with E-state index in [1.54, 1.807) is 0 Å². The van der Waals surface area contributed by atoms with Gasteiger partial charge in [0.15, 0.2) is 6.29 Å². The summed E-state index contributed by atoms with van der Waals surface area (Å²) in [5, 5.41) is 24.3. The molecule has 0 saturated carbocycles. The van der Waals surface area contributed by atoms with E-state index in [4.69, 9.17) is 14.2 Å². The van der Waals surface area contributed by atoms with Gasteiger partial charge in [-0.2, -0.15) is 0 Å². The second-order valence-corrected chi connectivity index (χ2v) is 10.3. The molecule has 1 unspecified atom stereocenters. The maximum atomic E-state index is 12.7.